The number of hydrogen-bond acceptors (Lipinski definition) is 4. The van der Waals surface area contributed by atoms with Crippen molar-refractivity contribution in [2.45, 2.75) is 20.8 Å². The van der Waals surface area contributed by atoms with Gasteiger partial charge in [-0.3, -0.25) is 0 Å². The van der Waals surface area contributed by atoms with Crippen LogP contribution in [0.4, 0.5) is 0 Å². The van der Waals surface area contributed by atoms with E-state index in [4.69, 9.17) is 0 Å². The van der Waals surface area contributed by atoms with Gasteiger partial charge in [0.05, 0.1) is 0 Å². The highest BCUT2D eigenvalue weighted by molar-refractivity contribution is 5.43. The number of nitrogens with zero attached hydrogens (tertiary/aromatic N) is 4. The monoisotopic (exact) mass is 192 g/mol. The summed E-state index contributed by atoms with van der Waals surface area (Å²) in [6.07, 6.45) is 1.95. The van der Waals surface area contributed by atoms with Crippen molar-refractivity contribution < 1.29 is 0 Å². The Morgan fingerprint density at radius 2 is 1.57 bits per heavy atom. The first-order valence-corrected chi connectivity index (χ1v) is 4.54. The zero-order chi connectivity index (χ0) is 10.7. The smallest absolute Gasteiger partial charge is 0.157 e. The van der Waals surface area contributed by atoms with Gasteiger partial charge in [-0.1, -0.05) is 0 Å². The van der Waals surface area contributed by atoms with Crippen LogP contribution in [0.15, 0.2) is 5.70 Å². The lowest BCUT2D eigenvalue weighted by Gasteiger charge is -2.11. The Labute approximate surface area is 84.7 Å². The first-order valence-electron chi connectivity index (χ1n) is 4.54. The van der Waals surface area contributed by atoms with Crippen molar-refractivity contribution in [1.29, 1.82) is 0 Å². The van der Waals surface area contributed by atoms with Gasteiger partial charge < -0.3 is 4.90 Å². The van der Waals surface area contributed by atoms with Gasteiger partial charge in [-0.2, -0.15) is 0 Å². The Hall–Kier alpha value is -1.45. The molecule has 0 bridgehead atoms. The summed E-state index contributed by atoms with van der Waals surface area (Å²) in [5.41, 5.74) is 1.12. The average molecular weight is 192 g/mol. The Bertz CT molecular complexity index is 335. The van der Waals surface area contributed by atoms with E-state index in [2.05, 4.69) is 15.0 Å². The van der Waals surface area contributed by atoms with Crippen LogP contribution in [0.2, 0.25) is 0 Å². The maximum atomic E-state index is 4.23. The van der Waals surface area contributed by atoms with Gasteiger partial charge in [-0.05, 0) is 20.8 Å². The van der Waals surface area contributed by atoms with Gasteiger partial charge >= 0.3 is 0 Å². The van der Waals surface area contributed by atoms with Crippen LogP contribution in [0.25, 0.3) is 6.08 Å². The van der Waals surface area contributed by atoms with Crippen LogP contribution >= 0.6 is 0 Å². The van der Waals surface area contributed by atoms with E-state index < -0.39 is 0 Å². The van der Waals surface area contributed by atoms with Gasteiger partial charge in [0, 0.05) is 25.9 Å². The summed E-state index contributed by atoms with van der Waals surface area (Å²) in [6.45, 7) is 5.77. The molecule has 0 aromatic carbocycles. The average Bonchev–Trinajstić information content (AvgIpc) is 2.01. The molecular formula is C10H16N4. The molecule has 4 heteroatoms. The van der Waals surface area contributed by atoms with Gasteiger partial charge in [-0.15, -0.1) is 0 Å². The van der Waals surface area contributed by atoms with Gasteiger partial charge in [-0.25, -0.2) is 15.0 Å². The standard InChI is InChI=1S/C10H16N4/c1-7(14(4)5)6-10-12-8(2)11-9(3)13-10/h6H,1-5H3/b7-6+. The van der Waals surface area contributed by atoms with E-state index in [-0.39, 0.29) is 0 Å². The van der Waals surface area contributed by atoms with Gasteiger partial charge in [0.25, 0.3) is 0 Å². The Kier molecular flexibility index (Phi) is 3.17. The number of aromatic nitrogens is 3. The topological polar surface area (TPSA) is 41.9 Å². The number of aryl methyl sites for hydroxylation is 2. The zero-order valence-electron chi connectivity index (χ0n) is 9.37. The van der Waals surface area contributed by atoms with Gasteiger partial charge in [0.15, 0.2) is 5.82 Å². The van der Waals surface area contributed by atoms with Crippen LogP contribution in [-0.4, -0.2) is 33.9 Å². The van der Waals surface area contributed by atoms with Gasteiger partial charge in [0.2, 0.25) is 0 Å². The van der Waals surface area contributed by atoms with E-state index in [1.807, 2.05) is 45.8 Å². The van der Waals surface area contributed by atoms with Crippen molar-refractivity contribution in [2.24, 2.45) is 0 Å². The maximum absolute atomic E-state index is 4.23. The van der Waals surface area contributed by atoms with Crippen molar-refractivity contribution in [1.82, 2.24) is 19.9 Å². The molecule has 0 aliphatic carbocycles. The Balaban J connectivity index is 3.02. The molecule has 1 heterocycles. The van der Waals surface area contributed by atoms with Crippen molar-refractivity contribution in [3.05, 3.63) is 23.2 Å². The molecule has 0 atom stereocenters. The molecule has 1 rings (SSSR count). The van der Waals surface area contributed by atoms with E-state index >= 15 is 0 Å². The molecule has 1 aromatic rings. The van der Waals surface area contributed by atoms with Crippen LogP contribution in [0, 0.1) is 13.8 Å². The molecule has 0 fully saturated rings. The third-order valence-electron chi connectivity index (χ3n) is 1.92. The van der Waals surface area contributed by atoms with E-state index in [0.29, 0.717) is 0 Å². The Morgan fingerprint density at radius 3 is 2.00 bits per heavy atom. The van der Waals surface area contributed by atoms with E-state index in [1.165, 1.54) is 0 Å². The van der Waals surface area contributed by atoms with Crippen molar-refractivity contribution in [2.75, 3.05) is 14.1 Å². The van der Waals surface area contributed by atoms with Gasteiger partial charge in [0.1, 0.15) is 11.6 Å². The molecule has 0 N–H and O–H groups in total. The van der Waals surface area contributed by atoms with Crippen LogP contribution in [-0.2, 0) is 0 Å². The van der Waals surface area contributed by atoms with E-state index in [9.17, 15) is 0 Å². The van der Waals surface area contributed by atoms with Crippen LogP contribution in [0.1, 0.15) is 24.4 Å². The first kappa shape index (κ1) is 10.6. The van der Waals surface area contributed by atoms with Crippen LogP contribution in [0.5, 0.6) is 0 Å². The highest BCUT2D eigenvalue weighted by Crippen LogP contribution is 2.03. The summed E-state index contributed by atoms with van der Waals surface area (Å²) in [4.78, 5) is 14.6. The summed E-state index contributed by atoms with van der Waals surface area (Å²) < 4.78 is 0. The molecule has 0 radical (unpaired) electrons. The van der Waals surface area contributed by atoms with Crippen LogP contribution in [0.3, 0.4) is 0 Å². The number of allylic oxidation sites excluding steroid dienone is 1. The summed E-state index contributed by atoms with van der Waals surface area (Å²) in [7, 11) is 3.99. The first-order chi connectivity index (χ1) is 6.49. The van der Waals surface area contributed by atoms with Crippen molar-refractivity contribution >= 4 is 6.08 Å². The molecule has 4 nitrogen and oxygen atoms in total. The largest absolute Gasteiger partial charge is 0.381 e. The predicted octanol–water partition coefficient (Wildman–Crippen LogP) is 1.41. The fraction of sp³-hybridized carbons (Fsp3) is 0.500. The minimum absolute atomic E-state index is 0.723. The molecular weight excluding hydrogens is 176 g/mol. The SMILES string of the molecule is C/C(=C\c1nc(C)nc(C)n1)N(C)C. The highest BCUT2D eigenvalue weighted by atomic mass is 15.1. The van der Waals surface area contributed by atoms with Crippen molar-refractivity contribution in [3.8, 4) is 0 Å². The second-order valence-corrected chi connectivity index (χ2v) is 3.47. The van der Waals surface area contributed by atoms with Crippen LogP contribution < -0.4 is 0 Å². The number of rotatable bonds is 2. The molecule has 0 unspecified atom stereocenters. The van der Waals surface area contributed by atoms with E-state index in [0.717, 1.165) is 23.2 Å². The molecule has 0 aliphatic rings. The summed E-state index contributed by atoms with van der Waals surface area (Å²) >= 11 is 0. The third-order valence-corrected chi connectivity index (χ3v) is 1.92. The number of hydrogen-bond donors (Lipinski definition) is 0. The zero-order valence-corrected chi connectivity index (χ0v) is 9.37. The summed E-state index contributed by atoms with van der Waals surface area (Å²) in [5, 5.41) is 0. The second kappa shape index (κ2) is 4.17. The quantitative estimate of drug-likeness (QED) is 0.710. The molecule has 1 aromatic heterocycles. The molecule has 0 saturated carbocycles. The minimum Gasteiger partial charge on any atom is -0.381 e. The molecule has 0 saturated heterocycles. The normalized spacial score (nSPS) is 11.6. The summed E-state index contributed by atoms with van der Waals surface area (Å²) in [6, 6.07) is 0. The fourth-order valence-electron chi connectivity index (χ4n) is 1.02. The highest BCUT2D eigenvalue weighted by Gasteiger charge is 1.99. The third kappa shape index (κ3) is 2.80. The minimum atomic E-state index is 0.723. The predicted molar refractivity (Wildman–Crippen MR) is 56.6 cm³/mol. The van der Waals surface area contributed by atoms with Crippen molar-refractivity contribution in [3.63, 3.8) is 0 Å². The lowest BCUT2D eigenvalue weighted by Crippen LogP contribution is -2.08. The Morgan fingerprint density at radius 1 is 1.07 bits per heavy atom. The molecule has 0 amide bonds. The summed E-state index contributed by atoms with van der Waals surface area (Å²) in [5.74, 6) is 2.24. The molecule has 76 valence electrons. The molecule has 0 spiro atoms. The lowest BCUT2D eigenvalue weighted by atomic mass is 10.4. The fourth-order valence-corrected chi connectivity index (χ4v) is 1.02. The molecule has 14 heavy (non-hydrogen) atoms. The second-order valence-electron chi connectivity index (χ2n) is 3.47. The molecule has 0 aliphatic heterocycles. The maximum Gasteiger partial charge on any atom is 0.157 e. The van der Waals surface area contributed by atoms with E-state index in [1.54, 1.807) is 0 Å². The lowest BCUT2D eigenvalue weighted by molar-refractivity contribution is 0.518.